The van der Waals surface area contributed by atoms with Gasteiger partial charge in [0.2, 0.25) is 0 Å². The Morgan fingerprint density at radius 1 is 1.03 bits per heavy atom. The second-order valence-electron chi connectivity index (χ2n) is 6.77. The van der Waals surface area contributed by atoms with Gasteiger partial charge in [0.05, 0.1) is 10.9 Å². The van der Waals surface area contributed by atoms with Crippen molar-refractivity contribution in [2.24, 2.45) is 0 Å². The molecule has 3 amide bonds. The average molecular weight is 395 g/mol. The van der Waals surface area contributed by atoms with Gasteiger partial charge in [-0.1, -0.05) is 35.5 Å². The fourth-order valence-corrected chi connectivity index (χ4v) is 2.66. The highest BCUT2D eigenvalue weighted by Crippen LogP contribution is 2.29. The predicted octanol–water partition coefficient (Wildman–Crippen LogP) is 3.27. The maximum atomic E-state index is 12.5. The highest BCUT2D eigenvalue weighted by Gasteiger charge is 2.22. The topological polar surface area (TPSA) is 111 Å². The van der Waals surface area contributed by atoms with Gasteiger partial charge in [-0.25, -0.2) is 9.59 Å². The van der Waals surface area contributed by atoms with Gasteiger partial charge in [0, 0.05) is 11.6 Å². The van der Waals surface area contributed by atoms with Crippen LogP contribution >= 0.6 is 0 Å². The summed E-state index contributed by atoms with van der Waals surface area (Å²) in [7, 11) is 0. The molecular weight excluding hydrogens is 374 g/mol. The molecule has 2 N–H and O–H groups in total. The van der Waals surface area contributed by atoms with Crippen LogP contribution in [0, 0.1) is 0 Å². The summed E-state index contributed by atoms with van der Waals surface area (Å²) in [6, 6.07) is 13.4. The normalized spacial score (nSPS) is 11.9. The number of esters is 1. The van der Waals surface area contributed by atoms with Crippen molar-refractivity contribution in [1.82, 2.24) is 15.8 Å². The summed E-state index contributed by atoms with van der Waals surface area (Å²) in [6.45, 7) is 4.92. The van der Waals surface area contributed by atoms with Crippen LogP contribution in [0.15, 0.2) is 53.1 Å². The van der Waals surface area contributed by atoms with Crippen molar-refractivity contribution in [3.63, 3.8) is 0 Å². The van der Waals surface area contributed by atoms with Crippen molar-refractivity contribution >= 4 is 28.8 Å². The first-order valence-corrected chi connectivity index (χ1v) is 9.12. The molecule has 0 aliphatic heterocycles. The third kappa shape index (κ3) is 4.78. The third-order valence-electron chi connectivity index (χ3n) is 4.06. The van der Waals surface area contributed by atoms with Crippen LogP contribution in [-0.4, -0.2) is 35.2 Å². The standard InChI is InChI=1S/C21H21N3O5/c1-12(2)22-21(27)23-19(25)13(3)28-20(26)15-9-10-17-16(11-15)18(29-24-17)14-7-5-4-6-8-14/h4-13H,1-3H3,(H2,22,23,25,27). The lowest BCUT2D eigenvalue weighted by Gasteiger charge is -2.14. The number of nitrogens with zero attached hydrogens (tertiary/aromatic N) is 1. The maximum Gasteiger partial charge on any atom is 0.338 e. The zero-order valence-corrected chi connectivity index (χ0v) is 16.3. The zero-order chi connectivity index (χ0) is 21.0. The van der Waals surface area contributed by atoms with Crippen molar-refractivity contribution in [2.45, 2.75) is 32.9 Å². The van der Waals surface area contributed by atoms with Crippen molar-refractivity contribution in [3.8, 4) is 11.3 Å². The van der Waals surface area contributed by atoms with Gasteiger partial charge >= 0.3 is 12.0 Å². The SMILES string of the molecule is CC(C)NC(=O)NC(=O)C(C)OC(=O)c1ccc2noc(-c3ccccc3)c2c1. The summed E-state index contributed by atoms with van der Waals surface area (Å²) < 4.78 is 10.6. The summed E-state index contributed by atoms with van der Waals surface area (Å²) in [5.41, 5.74) is 1.66. The smallest absolute Gasteiger partial charge is 0.338 e. The molecule has 0 saturated carbocycles. The number of hydrogen-bond acceptors (Lipinski definition) is 6. The largest absolute Gasteiger partial charge is 0.449 e. The van der Waals surface area contributed by atoms with E-state index in [0.717, 1.165) is 5.56 Å². The molecule has 0 radical (unpaired) electrons. The number of fused-ring (bicyclic) bond motifs is 1. The molecule has 29 heavy (non-hydrogen) atoms. The molecule has 1 aromatic heterocycles. The number of imide groups is 1. The average Bonchev–Trinajstić information content (AvgIpc) is 3.11. The van der Waals surface area contributed by atoms with E-state index in [9.17, 15) is 14.4 Å². The van der Waals surface area contributed by atoms with E-state index < -0.39 is 24.0 Å². The minimum Gasteiger partial charge on any atom is -0.449 e. The fourth-order valence-electron chi connectivity index (χ4n) is 2.66. The highest BCUT2D eigenvalue weighted by atomic mass is 16.5. The Labute approximate surface area is 167 Å². The van der Waals surface area contributed by atoms with E-state index in [4.69, 9.17) is 9.26 Å². The Balaban J connectivity index is 1.74. The number of urea groups is 1. The fraction of sp³-hybridized carbons (Fsp3) is 0.238. The molecule has 1 heterocycles. The molecule has 0 bridgehead atoms. The van der Waals surface area contributed by atoms with Crippen LogP contribution in [0.2, 0.25) is 0 Å². The second-order valence-corrected chi connectivity index (χ2v) is 6.77. The van der Waals surface area contributed by atoms with Gasteiger partial charge in [0.25, 0.3) is 5.91 Å². The van der Waals surface area contributed by atoms with E-state index in [0.29, 0.717) is 16.7 Å². The van der Waals surface area contributed by atoms with Crippen LogP contribution in [0.3, 0.4) is 0 Å². The predicted molar refractivity (Wildman–Crippen MR) is 106 cm³/mol. The van der Waals surface area contributed by atoms with Crippen molar-refractivity contribution in [2.75, 3.05) is 0 Å². The Bertz CT molecular complexity index is 1040. The van der Waals surface area contributed by atoms with Crippen molar-refractivity contribution in [1.29, 1.82) is 0 Å². The van der Waals surface area contributed by atoms with Crippen LogP contribution in [0.4, 0.5) is 4.79 Å². The van der Waals surface area contributed by atoms with Gasteiger partial charge in [-0.3, -0.25) is 10.1 Å². The van der Waals surface area contributed by atoms with Crippen molar-refractivity contribution in [3.05, 3.63) is 54.1 Å². The quantitative estimate of drug-likeness (QED) is 0.642. The van der Waals surface area contributed by atoms with Crippen LogP contribution in [0.5, 0.6) is 0 Å². The Morgan fingerprint density at radius 3 is 2.45 bits per heavy atom. The van der Waals surface area contributed by atoms with Gasteiger partial charge in [-0.05, 0) is 39.0 Å². The first kappa shape index (κ1) is 20.1. The third-order valence-corrected chi connectivity index (χ3v) is 4.06. The molecule has 150 valence electrons. The van der Waals surface area contributed by atoms with Crippen molar-refractivity contribution < 1.29 is 23.6 Å². The number of amides is 3. The minimum atomic E-state index is -1.15. The van der Waals surface area contributed by atoms with Gasteiger partial charge in [0.1, 0.15) is 5.52 Å². The van der Waals surface area contributed by atoms with Crippen LogP contribution in [0.1, 0.15) is 31.1 Å². The van der Waals surface area contributed by atoms with E-state index in [1.54, 1.807) is 26.0 Å². The number of carbonyl (C=O) groups excluding carboxylic acids is 3. The Morgan fingerprint density at radius 2 is 1.76 bits per heavy atom. The second kappa shape index (κ2) is 8.55. The van der Waals surface area contributed by atoms with Gasteiger partial charge in [-0.15, -0.1) is 0 Å². The molecule has 0 aliphatic rings. The monoisotopic (exact) mass is 395 g/mol. The highest BCUT2D eigenvalue weighted by molar-refractivity contribution is 6.01. The summed E-state index contributed by atoms with van der Waals surface area (Å²) in [6.07, 6.45) is -1.15. The molecule has 8 heteroatoms. The molecule has 0 aliphatic carbocycles. The Hall–Kier alpha value is -3.68. The molecule has 3 aromatic rings. The van der Waals surface area contributed by atoms with E-state index in [-0.39, 0.29) is 11.6 Å². The lowest BCUT2D eigenvalue weighted by atomic mass is 10.1. The lowest BCUT2D eigenvalue weighted by molar-refractivity contribution is -0.127. The molecule has 1 atom stereocenters. The summed E-state index contributed by atoms with van der Waals surface area (Å²) in [4.78, 5) is 36.1. The Kier molecular flexibility index (Phi) is 5.92. The number of rotatable bonds is 5. The number of hydrogen-bond donors (Lipinski definition) is 2. The molecule has 1 unspecified atom stereocenters. The number of carbonyl (C=O) groups is 3. The number of ether oxygens (including phenoxy) is 1. The lowest BCUT2D eigenvalue weighted by Crippen LogP contribution is -2.46. The number of aromatic nitrogens is 1. The van der Waals surface area contributed by atoms with E-state index in [2.05, 4.69) is 15.8 Å². The first-order chi connectivity index (χ1) is 13.8. The van der Waals surface area contributed by atoms with Crippen LogP contribution in [0.25, 0.3) is 22.2 Å². The summed E-state index contributed by atoms with van der Waals surface area (Å²) >= 11 is 0. The zero-order valence-electron chi connectivity index (χ0n) is 16.3. The van der Waals surface area contributed by atoms with Gasteiger partial charge < -0.3 is 14.6 Å². The minimum absolute atomic E-state index is 0.130. The van der Waals surface area contributed by atoms with Crippen LogP contribution in [-0.2, 0) is 9.53 Å². The van der Waals surface area contributed by atoms with Gasteiger partial charge in [-0.2, -0.15) is 0 Å². The molecule has 0 saturated heterocycles. The van der Waals surface area contributed by atoms with Crippen LogP contribution < -0.4 is 10.6 Å². The molecule has 0 spiro atoms. The summed E-state index contributed by atoms with van der Waals surface area (Å²) in [5, 5.41) is 9.31. The van der Waals surface area contributed by atoms with E-state index >= 15 is 0 Å². The molecule has 8 nitrogen and oxygen atoms in total. The number of benzene rings is 2. The molecule has 3 rings (SSSR count). The number of nitrogens with one attached hydrogen (secondary N) is 2. The first-order valence-electron chi connectivity index (χ1n) is 9.12. The van der Waals surface area contributed by atoms with Gasteiger partial charge in [0.15, 0.2) is 11.9 Å². The molecule has 0 fully saturated rings. The van der Waals surface area contributed by atoms with E-state index in [1.165, 1.54) is 13.0 Å². The van der Waals surface area contributed by atoms with E-state index in [1.807, 2.05) is 30.3 Å². The molecule has 2 aromatic carbocycles. The molecular formula is C21H21N3O5. The maximum absolute atomic E-state index is 12.5. The summed E-state index contributed by atoms with van der Waals surface area (Å²) in [5.74, 6) is -0.877.